The molecule has 2 aliphatic rings. The van der Waals surface area contributed by atoms with E-state index in [-0.39, 0.29) is 12.3 Å². The second-order valence-corrected chi connectivity index (χ2v) is 7.70. The highest BCUT2D eigenvalue weighted by molar-refractivity contribution is 6.30. The Morgan fingerprint density at radius 3 is 2.64 bits per heavy atom. The molecule has 1 aromatic heterocycles. The Hall–Kier alpha value is -2.92. The summed E-state index contributed by atoms with van der Waals surface area (Å²) in [6.45, 7) is 0. The Bertz CT molecular complexity index is 1030. The molecule has 0 saturated heterocycles. The Morgan fingerprint density at radius 2 is 1.93 bits per heavy atom. The number of nitrogens with zero attached hydrogens (tertiary/aromatic N) is 3. The van der Waals surface area contributed by atoms with Crippen molar-refractivity contribution in [1.29, 1.82) is 0 Å². The average molecular weight is 394 g/mol. The second-order valence-electron chi connectivity index (χ2n) is 7.26. The van der Waals surface area contributed by atoms with Crippen molar-refractivity contribution in [2.24, 2.45) is 5.10 Å². The Kier molecular flexibility index (Phi) is 4.05. The zero-order chi connectivity index (χ0) is 19.3. The second kappa shape index (κ2) is 6.60. The van der Waals surface area contributed by atoms with Crippen molar-refractivity contribution in [2.75, 3.05) is 19.0 Å². The van der Waals surface area contributed by atoms with Gasteiger partial charge in [0.2, 0.25) is 6.23 Å². The highest BCUT2D eigenvalue weighted by Crippen LogP contribution is 2.48. The lowest BCUT2D eigenvalue weighted by atomic mass is 9.97. The van der Waals surface area contributed by atoms with Gasteiger partial charge >= 0.3 is 0 Å². The van der Waals surface area contributed by atoms with Crippen LogP contribution in [0.5, 0.6) is 5.75 Å². The van der Waals surface area contributed by atoms with Gasteiger partial charge in [-0.1, -0.05) is 23.7 Å². The van der Waals surface area contributed by atoms with Gasteiger partial charge in [-0.25, -0.2) is 5.01 Å². The molecule has 0 bridgehead atoms. The number of hydrazone groups is 1. The van der Waals surface area contributed by atoms with Gasteiger partial charge in [0.25, 0.3) is 0 Å². The first-order valence-corrected chi connectivity index (χ1v) is 9.61. The van der Waals surface area contributed by atoms with Crippen LogP contribution in [-0.4, -0.2) is 24.8 Å². The first-order chi connectivity index (χ1) is 13.6. The molecule has 6 heteroatoms. The van der Waals surface area contributed by atoms with Crippen LogP contribution in [0.2, 0.25) is 5.02 Å². The minimum absolute atomic E-state index is 0.0566. The molecule has 5 nitrogen and oxygen atoms in total. The fourth-order valence-corrected chi connectivity index (χ4v) is 3.99. The quantitative estimate of drug-likeness (QED) is 0.610. The predicted molar refractivity (Wildman–Crippen MR) is 110 cm³/mol. The van der Waals surface area contributed by atoms with Crippen LogP contribution in [0.15, 0.2) is 70.4 Å². The van der Waals surface area contributed by atoms with E-state index in [4.69, 9.17) is 25.9 Å². The molecule has 0 fully saturated rings. The lowest BCUT2D eigenvalue weighted by Gasteiger charge is -2.38. The molecular formula is C22H20ClN3O2. The molecule has 2 atom stereocenters. The van der Waals surface area contributed by atoms with E-state index in [0.717, 1.165) is 40.5 Å². The Labute approximate surface area is 168 Å². The van der Waals surface area contributed by atoms with E-state index in [1.54, 1.807) is 6.26 Å². The molecule has 0 amide bonds. The highest BCUT2D eigenvalue weighted by Gasteiger charge is 2.41. The van der Waals surface area contributed by atoms with Gasteiger partial charge in [0.05, 0.1) is 12.3 Å². The van der Waals surface area contributed by atoms with Gasteiger partial charge in [0, 0.05) is 42.4 Å². The lowest BCUT2D eigenvalue weighted by Crippen LogP contribution is -2.33. The summed E-state index contributed by atoms with van der Waals surface area (Å²) in [6.07, 6.45) is 2.12. The minimum atomic E-state index is -0.303. The Morgan fingerprint density at radius 1 is 1.11 bits per heavy atom. The molecule has 0 aliphatic carbocycles. The maximum atomic E-state index is 6.37. The number of rotatable bonds is 3. The van der Waals surface area contributed by atoms with E-state index in [2.05, 4.69) is 29.2 Å². The number of furan rings is 1. The van der Waals surface area contributed by atoms with Crippen molar-refractivity contribution < 1.29 is 9.15 Å². The van der Waals surface area contributed by atoms with Crippen LogP contribution >= 0.6 is 11.6 Å². The largest absolute Gasteiger partial charge is 0.464 e. The zero-order valence-electron chi connectivity index (χ0n) is 15.7. The molecule has 3 aromatic rings. The van der Waals surface area contributed by atoms with Gasteiger partial charge in [-0.15, -0.1) is 0 Å². The van der Waals surface area contributed by atoms with Crippen molar-refractivity contribution in [3.8, 4) is 5.75 Å². The van der Waals surface area contributed by atoms with E-state index >= 15 is 0 Å². The fraction of sp³-hybridized carbons (Fsp3) is 0.227. The molecule has 0 saturated carbocycles. The van der Waals surface area contributed by atoms with E-state index in [9.17, 15) is 0 Å². The van der Waals surface area contributed by atoms with Crippen LogP contribution in [0.4, 0.5) is 5.69 Å². The number of ether oxygens (including phenoxy) is 1. The predicted octanol–water partition coefficient (Wildman–Crippen LogP) is 5.24. The average Bonchev–Trinajstić information content (AvgIpc) is 3.37. The summed E-state index contributed by atoms with van der Waals surface area (Å²) >= 11 is 6.27. The van der Waals surface area contributed by atoms with Crippen molar-refractivity contribution in [2.45, 2.75) is 18.7 Å². The normalized spacial score (nSPS) is 20.2. The Balaban J connectivity index is 1.57. The summed E-state index contributed by atoms with van der Waals surface area (Å²) in [5, 5.41) is 7.60. The summed E-state index contributed by atoms with van der Waals surface area (Å²) in [4.78, 5) is 2.08. The fourth-order valence-electron chi connectivity index (χ4n) is 3.81. The van der Waals surface area contributed by atoms with Gasteiger partial charge < -0.3 is 14.1 Å². The van der Waals surface area contributed by atoms with E-state index < -0.39 is 0 Å². The minimum Gasteiger partial charge on any atom is -0.464 e. The van der Waals surface area contributed by atoms with Gasteiger partial charge in [-0.3, -0.25) is 0 Å². The van der Waals surface area contributed by atoms with Crippen LogP contribution in [0.3, 0.4) is 0 Å². The van der Waals surface area contributed by atoms with E-state index in [1.807, 2.05) is 49.4 Å². The summed E-state index contributed by atoms with van der Waals surface area (Å²) < 4.78 is 12.0. The SMILES string of the molecule is CN(C)c1ccc([C@@H]2Oc3ccc(Cl)cc3[C@H]3CC(c4ccco4)=NN32)cc1. The van der Waals surface area contributed by atoms with Crippen LogP contribution in [0, 0.1) is 0 Å². The van der Waals surface area contributed by atoms with Gasteiger partial charge in [0.1, 0.15) is 17.2 Å². The lowest BCUT2D eigenvalue weighted by molar-refractivity contribution is -0.0190. The van der Waals surface area contributed by atoms with Crippen LogP contribution in [-0.2, 0) is 0 Å². The molecule has 28 heavy (non-hydrogen) atoms. The number of anilines is 1. The van der Waals surface area contributed by atoms with E-state index in [0.29, 0.717) is 5.02 Å². The van der Waals surface area contributed by atoms with Crippen LogP contribution in [0.1, 0.15) is 35.6 Å². The highest BCUT2D eigenvalue weighted by atomic mass is 35.5. The van der Waals surface area contributed by atoms with Crippen molar-refractivity contribution in [3.63, 3.8) is 0 Å². The first kappa shape index (κ1) is 17.2. The topological polar surface area (TPSA) is 41.2 Å². The molecule has 2 aromatic carbocycles. The molecule has 3 heterocycles. The van der Waals surface area contributed by atoms with Crippen molar-refractivity contribution in [1.82, 2.24) is 5.01 Å². The number of hydrogen-bond donors (Lipinski definition) is 0. The molecule has 0 radical (unpaired) electrons. The first-order valence-electron chi connectivity index (χ1n) is 9.23. The van der Waals surface area contributed by atoms with Crippen molar-refractivity contribution >= 4 is 23.0 Å². The zero-order valence-corrected chi connectivity index (χ0v) is 16.4. The molecule has 142 valence electrons. The van der Waals surface area contributed by atoms with Gasteiger partial charge in [-0.05, 0) is 42.5 Å². The molecule has 2 aliphatic heterocycles. The van der Waals surface area contributed by atoms with Crippen LogP contribution in [0.25, 0.3) is 0 Å². The standard InChI is InChI=1S/C22H20ClN3O2/c1-25(2)16-8-5-14(6-9-16)22-26-19(13-18(24-26)21-4-3-11-27-21)17-12-15(23)7-10-20(17)28-22/h3-12,19,22H,13H2,1-2H3/t19-,22+/m1/s1. The monoisotopic (exact) mass is 393 g/mol. The maximum Gasteiger partial charge on any atom is 0.213 e. The third-order valence-corrected chi connectivity index (χ3v) is 5.49. The number of fused-ring (bicyclic) bond motifs is 3. The molecular weight excluding hydrogens is 374 g/mol. The van der Waals surface area contributed by atoms with Gasteiger partial charge in [-0.2, -0.15) is 5.10 Å². The molecule has 5 rings (SSSR count). The van der Waals surface area contributed by atoms with E-state index in [1.165, 1.54) is 0 Å². The number of halogens is 1. The summed E-state index contributed by atoms with van der Waals surface area (Å²) in [6, 6.07) is 18.0. The smallest absolute Gasteiger partial charge is 0.213 e. The summed E-state index contributed by atoms with van der Waals surface area (Å²) in [5.74, 6) is 1.64. The third kappa shape index (κ3) is 2.83. The summed E-state index contributed by atoms with van der Waals surface area (Å²) in [5.41, 5.74) is 4.17. The van der Waals surface area contributed by atoms with Crippen molar-refractivity contribution in [3.05, 3.63) is 82.8 Å². The third-order valence-electron chi connectivity index (χ3n) is 5.25. The summed E-state index contributed by atoms with van der Waals surface area (Å²) in [7, 11) is 4.06. The maximum absolute atomic E-state index is 6.37. The van der Waals surface area contributed by atoms with Gasteiger partial charge in [0.15, 0.2) is 0 Å². The number of hydrogen-bond acceptors (Lipinski definition) is 5. The molecule has 0 N–H and O–H groups in total. The molecule has 0 spiro atoms. The number of benzene rings is 2. The van der Waals surface area contributed by atoms with Crippen LogP contribution < -0.4 is 9.64 Å². The molecule has 0 unspecified atom stereocenters.